The molecule has 1 N–H and O–H groups in total. The van der Waals surface area contributed by atoms with Crippen molar-refractivity contribution in [3.8, 4) is 11.5 Å². The minimum absolute atomic E-state index is 0.123. The van der Waals surface area contributed by atoms with Crippen LogP contribution in [0, 0.1) is 0 Å². The fourth-order valence-corrected chi connectivity index (χ4v) is 3.13. The predicted molar refractivity (Wildman–Crippen MR) is 100 cm³/mol. The van der Waals surface area contributed by atoms with E-state index in [1.165, 1.54) is 0 Å². The zero-order chi connectivity index (χ0) is 18.2. The van der Waals surface area contributed by atoms with Gasteiger partial charge < -0.3 is 9.88 Å². The molecule has 1 aliphatic carbocycles. The molecular formula is C20H18N6O. The summed E-state index contributed by atoms with van der Waals surface area (Å²) in [6.45, 7) is 0.680. The Morgan fingerprint density at radius 1 is 1.22 bits per heavy atom. The zero-order valence-corrected chi connectivity index (χ0v) is 14.6. The Bertz CT molecular complexity index is 1110. The maximum absolute atomic E-state index is 12.6. The lowest BCUT2D eigenvalue weighted by Crippen LogP contribution is -2.25. The Labute approximate surface area is 155 Å². The standard InChI is InChI=1S/C20H18N6O/c27-20(23-15-6-7-15)18-17-5-1-2-9-26(17)19(24-18)16-12-25(13-22-16)11-14-4-3-8-21-10-14/h1-5,8-10,12-13,15H,6-7,11H2,(H,23,27). The molecule has 0 aromatic carbocycles. The fourth-order valence-electron chi connectivity index (χ4n) is 3.13. The van der Waals surface area contributed by atoms with E-state index in [0.717, 1.165) is 29.6 Å². The summed E-state index contributed by atoms with van der Waals surface area (Å²) in [5, 5.41) is 3.02. The number of pyridine rings is 2. The highest BCUT2D eigenvalue weighted by Gasteiger charge is 2.27. The normalized spacial score (nSPS) is 13.8. The number of carbonyl (C=O) groups excluding carboxylic acids is 1. The second-order valence-corrected chi connectivity index (χ2v) is 6.78. The van der Waals surface area contributed by atoms with Crippen LogP contribution in [0.3, 0.4) is 0 Å². The van der Waals surface area contributed by atoms with Gasteiger partial charge in [0.25, 0.3) is 5.91 Å². The van der Waals surface area contributed by atoms with Gasteiger partial charge in [0.2, 0.25) is 0 Å². The molecule has 0 saturated heterocycles. The summed E-state index contributed by atoms with van der Waals surface area (Å²) in [6, 6.07) is 9.98. The first-order valence-electron chi connectivity index (χ1n) is 8.97. The van der Waals surface area contributed by atoms with E-state index in [4.69, 9.17) is 0 Å². The average molecular weight is 358 g/mol. The van der Waals surface area contributed by atoms with E-state index in [1.54, 1.807) is 12.5 Å². The molecule has 5 rings (SSSR count). The number of rotatable bonds is 5. The number of carbonyl (C=O) groups is 1. The van der Waals surface area contributed by atoms with Crippen LogP contribution in [0.25, 0.3) is 17.0 Å². The maximum Gasteiger partial charge on any atom is 0.272 e. The molecule has 0 aliphatic heterocycles. The van der Waals surface area contributed by atoms with Crippen LogP contribution < -0.4 is 5.32 Å². The zero-order valence-electron chi connectivity index (χ0n) is 14.6. The van der Waals surface area contributed by atoms with Crippen LogP contribution in [0.5, 0.6) is 0 Å². The van der Waals surface area contributed by atoms with Crippen molar-refractivity contribution in [3.63, 3.8) is 0 Å². The summed E-state index contributed by atoms with van der Waals surface area (Å²) in [7, 11) is 0. The monoisotopic (exact) mass is 358 g/mol. The van der Waals surface area contributed by atoms with Crippen LogP contribution in [-0.4, -0.2) is 35.9 Å². The molecule has 4 heterocycles. The van der Waals surface area contributed by atoms with Crippen molar-refractivity contribution in [2.75, 3.05) is 0 Å². The third kappa shape index (κ3) is 3.08. The SMILES string of the molecule is O=C(NC1CC1)c1nc(-c2cn(Cc3cccnc3)cn2)n2ccccc12. The first-order valence-corrected chi connectivity index (χ1v) is 8.97. The van der Waals surface area contributed by atoms with Gasteiger partial charge in [0, 0.05) is 30.8 Å². The van der Waals surface area contributed by atoms with Gasteiger partial charge in [-0.25, -0.2) is 9.97 Å². The Morgan fingerprint density at radius 3 is 2.96 bits per heavy atom. The predicted octanol–water partition coefficient (Wildman–Crippen LogP) is 2.53. The molecule has 4 aromatic rings. The minimum Gasteiger partial charge on any atom is -0.348 e. The van der Waals surface area contributed by atoms with Crippen molar-refractivity contribution in [2.45, 2.75) is 25.4 Å². The fraction of sp³-hybridized carbons (Fsp3) is 0.200. The van der Waals surface area contributed by atoms with E-state index in [0.29, 0.717) is 24.1 Å². The van der Waals surface area contributed by atoms with E-state index < -0.39 is 0 Å². The lowest BCUT2D eigenvalue weighted by atomic mass is 10.3. The second kappa shape index (κ2) is 6.35. The molecule has 7 heteroatoms. The number of imidazole rings is 2. The van der Waals surface area contributed by atoms with E-state index in [9.17, 15) is 4.79 Å². The minimum atomic E-state index is -0.123. The number of nitrogens with one attached hydrogen (secondary N) is 1. The highest BCUT2D eigenvalue weighted by molar-refractivity contribution is 6.00. The molecule has 1 amide bonds. The molecule has 0 spiro atoms. The average Bonchev–Trinajstić information content (AvgIpc) is 3.25. The van der Waals surface area contributed by atoms with Gasteiger partial charge in [-0.3, -0.25) is 14.2 Å². The van der Waals surface area contributed by atoms with Crippen molar-refractivity contribution in [3.05, 3.63) is 72.7 Å². The van der Waals surface area contributed by atoms with E-state index in [-0.39, 0.29) is 5.91 Å². The second-order valence-electron chi connectivity index (χ2n) is 6.78. The Morgan fingerprint density at radius 2 is 2.15 bits per heavy atom. The van der Waals surface area contributed by atoms with Gasteiger partial charge in [-0.15, -0.1) is 0 Å². The number of hydrogen-bond donors (Lipinski definition) is 1. The van der Waals surface area contributed by atoms with Crippen molar-refractivity contribution in [1.29, 1.82) is 0 Å². The summed E-state index contributed by atoms with van der Waals surface area (Å²) in [5.74, 6) is 0.540. The summed E-state index contributed by atoms with van der Waals surface area (Å²) in [5.41, 5.74) is 3.05. The lowest BCUT2D eigenvalue weighted by Gasteiger charge is -2.01. The van der Waals surface area contributed by atoms with Crippen LogP contribution in [0.4, 0.5) is 0 Å². The van der Waals surface area contributed by atoms with Crippen LogP contribution >= 0.6 is 0 Å². The molecule has 0 unspecified atom stereocenters. The molecule has 0 radical (unpaired) electrons. The first kappa shape index (κ1) is 15.7. The van der Waals surface area contributed by atoms with Gasteiger partial charge in [0.05, 0.1) is 18.4 Å². The van der Waals surface area contributed by atoms with Crippen LogP contribution in [0.15, 0.2) is 61.4 Å². The molecule has 1 saturated carbocycles. The molecule has 1 fully saturated rings. The quantitative estimate of drug-likeness (QED) is 0.595. The van der Waals surface area contributed by atoms with Crippen LogP contribution in [-0.2, 0) is 6.54 Å². The summed E-state index contributed by atoms with van der Waals surface area (Å²) >= 11 is 0. The summed E-state index contributed by atoms with van der Waals surface area (Å²) < 4.78 is 3.90. The van der Waals surface area contributed by atoms with Crippen molar-refractivity contribution >= 4 is 11.4 Å². The molecular weight excluding hydrogens is 340 g/mol. The van der Waals surface area contributed by atoms with Gasteiger partial charge in [-0.1, -0.05) is 12.1 Å². The smallest absolute Gasteiger partial charge is 0.272 e. The van der Waals surface area contributed by atoms with E-state index in [2.05, 4.69) is 20.3 Å². The molecule has 7 nitrogen and oxygen atoms in total. The van der Waals surface area contributed by atoms with Gasteiger partial charge in [-0.05, 0) is 36.6 Å². The molecule has 0 atom stereocenters. The summed E-state index contributed by atoms with van der Waals surface area (Å²) in [4.78, 5) is 25.9. The Kier molecular flexibility index (Phi) is 3.71. The van der Waals surface area contributed by atoms with E-state index >= 15 is 0 Å². The number of amides is 1. The van der Waals surface area contributed by atoms with Crippen molar-refractivity contribution < 1.29 is 4.79 Å². The number of aromatic nitrogens is 5. The highest BCUT2D eigenvalue weighted by Crippen LogP contribution is 2.24. The van der Waals surface area contributed by atoms with Crippen molar-refractivity contribution in [1.82, 2.24) is 29.2 Å². The maximum atomic E-state index is 12.6. The number of nitrogens with zero attached hydrogens (tertiary/aromatic N) is 5. The van der Waals surface area contributed by atoms with Crippen molar-refractivity contribution in [2.24, 2.45) is 0 Å². The van der Waals surface area contributed by atoms with Crippen LogP contribution in [0.1, 0.15) is 28.9 Å². The molecule has 0 bridgehead atoms. The largest absolute Gasteiger partial charge is 0.348 e. The molecule has 4 aromatic heterocycles. The molecule has 1 aliphatic rings. The first-order chi connectivity index (χ1) is 13.3. The van der Waals surface area contributed by atoms with Gasteiger partial charge in [-0.2, -0.15) is 0 Å². The van der Waals surface area contributed by atoms with Gasteiger partial charge in [0.1, 0.15) is 5.69 Å². The van der Waals surface area contributed by atoms with Gasteiger partial charge >= 0.3 is 0 Å². The number of hydrogen-bond acceptors (Lipinski definition) is 4. The van der Waals surface area contributed by atoms with E-state index in [1.807, 2.05) is 57.9 Å². The third-order valence-electron chi connectivity index (χ3n) is 4.63. The van der Waals surface area contributed by atoms with Crippen LogP contribution in [0.2, 0.25) is 0 Å². The Balaban J connectivity index is 1.50. The topological polar surface area (TPSA) is 77.1 Å². The van der Waals surface area contributed by atoms with Gasteiger partial charge in [0.15, 0.2) is 11.5 Å². The Hall–Kier alpha value is -3.48. The number of fused-ring (bicyclic) bond motifs is 1. The highest BCUT2D eigenvalue weighted by atomic mass is 16.2. The molecule has 134 valence electrons. The third-order valence-corrected chi connectivity index (χ3v) is 4.63. The lowest BCUT2D eigenvalue weighted by molar-refractivity contribution is 0.0948. The summed E-state index contributed by atoms with van der Waals surface area (Å²) in [6.07, 6.45) is 11.3. The molecule has 27 heavy (non-hydrogen) atoms.